The molecule has 1 aromatic carbocycles. The highest BCUT2D eigenvalue weighted by Gasteiger charge is 2.34. The second-order valence-electron chi connectivity index (χ2n) is 11.6. The van der Waals surface area contributed by atoms with Gasteiger partial charge in [0.15, 0.2) is 5.96 Å². The monoisotopic (exact) mass is 515 g/mol. The molecule has 3 heterocycles. The Morgan fingerprint density at radius 3 is 2.50 bits per heavy atom. The SMILES string of the molecule is NC1=Nc2cnc3cc2CN1C(C1CCCCC1)CCC(=O)N(C1CCCCC1)CCc1cccc(c1)O3. The van der Waals surface area contributed by atoms with Crippen molar-refractivity contribution in [2.45, 2.75) is 102 Å². The first-order valence-corrected chi connectivity index (χ1v) is 14.8. The molecule has 2 fully saturated rings. The molecule has 1 amide bonds. The van der Waals surface area contributed by atoms with Crippen LogP contribution in [0.25, 0.3) is 0 Å². The number of aromatic nitrogens is 1. The highest BCUT2D eigenvalue weighted by atomic mass is 16.5. The quantitative estimate of drug-likeness (QED) is 0.524. The van der Waals surface area contributed by atoms with Gasteiger partial charge in [0, 0.05) is 43.2 Å². The van der Waals surface area contributed by atoms with Crippen LogP contribution in [0.1, 0.15) is 88.2 Å². The summed E-state index contributed by atoms with van der Waals surface area (Å²) in [5, 5.41) is 0. The molecule has 1 aromatic heterocycles. The van der Waals surface area contributed by atoms with Crippen LogP contribution in [0.5, 0.6) is 11.6 Å². The van der Waals surface area contributed by atoms with Crippen LogP contribution in [0.2, 0.25) is 0 Å². The van der Waals surface area contributed by atoms with Crippen LogP contribution < -0.4 is 10.5 Å². The summed E-state index contributed by atoms with van der Waals surface area (Å²) in [6, 6.07) is 10.8. The number of guanidine groups is 1. The Morgan fingerprint density at radius 1 is 0.895 bits per heavy atom. The molecule has 202 valence electrons. The fourth-order valence-corrected chi connectivity index (χ4v) is 7.11. The summed E-state index contributed by atoms with van der Waals surface area (Å²) in [5.74, 6) is 2.74. The minimum absolute atomic E-state index is 0.211. The summed E-state index contributed by atoms with van der Waals surface area (Å²) in [6.07, 6.45) is 16.1. The van der Waals surface area contributed by atoms with E-state index < -0.39 is 0 Å². The number of amides is 1. The Bertz CT molecular complexity index is 1170. The third-order valence-corrected chi connectivity index (χ3v) is 9.16. The zero-order valence-corrected chi connectivity index (χ0v) is 22.5. The van der Waals surface area contributed by atoms with E-state index in [0.717, 1.165) is 49.2 Å². The Balaban J connectivity index is 1.35. The molecule has 1 atom stereocenters. The van der Waals surface area contributed by atoms with Crippen molar-refractivity contribution >= 4 is 17.6 Å². The highest BCUT2D eigenvalue weighted by Crippen LogP contribution is 2.36. The maximum absolute atomic E-state index is 13.9. The van der Waals surface area contributed by atoms with Gasteiger partial charge >= 0.3 is 0 Å². The first kappa shape index (κ1) is 25.2. The van der Waals surface area contributed by atoms with Crippen LogP contribution in [0.3, 0.4) is 0 Å². The van der Waals surface area contributed by atoms with Gasteiger partial charge < -0.3 is 20.3 Å². The smallest absolute Gasteiger partial charge is 0.222 e. The number of nitrogens with two attached hydrogens (primary N) is 1. The third kappa shape index (κ3) is 5.52. The van der Waals surface area contributed by atoms with E-state index in [1.807, 2.05) is 18.2 Å². The Kier molecular flexibility index (Phi) is 7.52. The zero-order valence-electron chi connectivity index (χ0n) is 22.5. The van der Waals surface area contributed by atoms with Crippen molar-refractivity contribution in [3.8, 4) is 11.6 Å². The van der Waals surface area contributed by atoms with Crippen molar-refractivity contribution < 1.29 is 9.53 Å². The van der Waals surface area contributed by atoms with Gasteiger partial charge in [-0.2, -0.15) is 0 Å². The van der Waals surface area contributed by atoms with Crippen LogP contribution in [0.4, 0.5) is 5.69 Å². The molecule has 0 saturated heterocycles. The molecule has 1 unspecified atom stereocenters. The molecule has 4 aliphatic rings. The fraction of sp³-hybridized carbons (Fsp3) is 0.581. The molecule has 0 spiro atoms. The van der Waals surface area contributed by atoms with Crippen molar-refractivity contribution in [2.75, 3.05) is 6.54 Å². The summed E-state index contributed by atoms with van der Waals surface area (Å²) in [7, 11) is 0. The van der Waals surface area contributed by atoms with Crippen LogP contribution in [-0.4, -0.2) is 45.3 Å². The average molecular weight is 516 g/mol. The molecule has 0 radical (unpaired) electrons. The number of aliphatic imine (C=N–C) groups is 1. The van der Waals surface area contributed by atoms with Crippen molar-refractivity contribution in [3.05, 3.63) is 47.7 Å². The number of rotatable bonds is 2. The molecule has 5 bridgehead atoms. The number of carbonyl (C=O) groups is 1. The summed E-state index contributed by atoms with van der Waals surface area (Å²) < 4.78 is 6.22. The van der Waals surface area contributed by atoms with E-state index in [9.17, 15) is 4.79 Å². The fourth-order valence-electron chi connectivity index (χ4n) is 7.11. The van der Waals surface area contributed by atoms with Crippen LogP contribution >= 0.6 is 0 Å². The number of fused-ring (bicyclic) bond motifs is 4. The van der Waals surface area contributed by atoms with E-state index >= 15 is 0 Å². The molecule has 38 heavy (non-hydrogen) atoms. The standard InChI is InChI=1S/C31H41N5O2/c32-31-34-27-20-33-29-19-24(27)21-36(31)28(23-9-3-1-4-10-23)14-15-30(37)35(25-11-5-2-6-12-25)17-16-22-8-7-13-26(18-22)38-29/h7-8,13,18-20,23,25,28H,1-6,9-12,14-17,21H2,(H2,32,34). The second kappa shape index (κ2) is 11.3. The van der Waals surface area contributed by atoms with Crippen LogP contribution in [0, 0.1) is 5.92 Å². The molecule has 7 heteroatoms. The van der Waals surface area contributed by atoms with E-state index in [2.05, 4.69) is 26.9 Å². The van der Waals surface area contributed by atoms with Crippen molar-refractivity contribution in [1.82, 2.24) is 14.8 Å². The van der Waals surface area contributed by atoms with Gasteiger partial charge in [-0.15, -0.1) is 0 Å². The molecular weight excluding hydrogens is 474 g/mol. The van der Waals surface area contributed by atoms with Crippen LogP contribution in [0.15, 0.2) is 41.5 Å². The van der Waals surface area contributed by atoms with E-state index in [0.29, 0.717) is 42.7 Å². The van der Waals surface area contributed by atoms with Crippen molar-refractivity contribution in [3.63, 3.8) is 0 Å². The lowest BCUT2D eigenvalue weighted by Crippen LogP contribution is -2.50. The van der Waals surface area contributed by atoms with Crippen molar-refractivity contribution in [1.29, 1.82) is 0 Å². The molecule has 2 aliphatic heterocycles. The third-order valence-electron chi connectivity index (χ3n) is 9.16. The molecule has 2 aliphatic carbocycles. The Hall–Kier alpha value is -3.09. The van der Waals surface area contributed by atoms with Gasteiger partial charge in [-0.05, 0) is 62.1 Å². The largest absolute Gasteiger partial charge is 0.439 e. The molecular formula is C31H41N5O2. The average Bonchev–Trinajstić information content (AvgIpc) is 2.94. The molecule has 6 rings (SSSR count). The predicted octanol–water partition coefficient (Wildman–Crippen LogP) is 6.08. The van der Waals surface area contributed by atoms with Gasteiger partial charge in [-0.25, -0.2) is 9.98 Å². The summed E-state index contributed by atoms with van der Waals surface area (Å²) in [6.45, 7) is 1.43. The van der Waals surface area contributed by atoms with E-state index in [1.54, 1.807) is 6.20 Å². The number of hydrogen-bond acceptors (Lipinski definition) is 6. The highest BCUT2D eigenvalue weighted by molar-refractivity contribution is 5.84. The Morgan fingerprint density at radius 2 is 1.68 bits per heavy atom. The predicted molar refractivity (Wildman–Crippen MR) is 149 cm³/mol. The normalized spacial score (nSPS) is 23.7. The molecule has 2 saturated carbocycles. The van der Waals surface area contributed by atoms with Gasteiger partial charge in [0.1, 0.15) is 5.75 Å². The van der Waals surface area contributed by atoms with Gasteiger partial charge in [0.05, 0.1) is 11.9 Å². The van der Waals surface area contributed by atoms with Gasteiger partial charge in [-0.1, -0.05) is 50.7 Å². The number of ether oxygens (including phenoxy) is 1. The number of pyridine rings is 1. The first-order chi connectivity index (χ1) is 18.6. The van der Waals surface area contributed by atoms with Crippen molar-refractivity contribution in [2.24, 2.45) is 16.6 Å². The second-order valence-corrected chi connectivity index (χ2v) is 11.6. The lowest BCUT2D eigenvalue weighted by Gasteiger charge is -2.42. The minimum atomic E-state index is 0.211. The minimum Gasteiger partial charge on any atom is -0.439 e. The van der Waals surface area contributed by atoms with E-state index in [4.69, 9.17) is 15.5 Å². The van der Waals surface area contributed by atoms with Gasteiger partial charge in [0.25, 0.3) is 0 Å². The summed E-state index contributed by atoms with van der Waals surface area (Å²) in [4.78, 5) is 27.7. The molecule has 7 nitrogen and oxygen atoms in total. The van der Waals surface area contributed by atoms with E-state index in [-0.39, 0.29) is 6.04 Å². The molecule has 2 N–H and O–H groups in total. The van der Waals surface area contributed by atoms with Gasteiger partial charge in [-0.3, -0.25) is 4.79 Å². The maximum atomic E-state index is 13.9. The number of nitrogens with zero attached hydrogens (tertiary/aromatic N) is 4. The van der Waals surface area contributed by atoms with Gasteiger partial charge in [0.2, 0.25) is 11.8 Å². The lowest BCUT2D eigenvalue weighted by atomic mass is 9.81. The maximum Gasteiger partial charge on any atom is 0.222 e. The van der Waals surface area contributed by atoms with Crippen LogP contribution in [-0.2, 0) is 17.8 Å². The first-order valence-electron chi connectivity index (χ1n) is 14.8. The lowest BCUT2D eigenvalue weighted by molar-refractivity contribution is -0.134. The number of carbonyl (C=O) groups excluding carboxylic acids is 1. The number of hydrogen-bond donors (Lipinski definition) is 1. The topological polar surface area (TPSA) is 84.0 Å². The summed E-state index contributed by atoms with van der Waals surface area (Å²) in [5.41, 5.74) is 9.67. The van der Waals surface area contributed by atoms with E-state index in [1.165, 1.54) is 56.9 Å². The summed E-state index contributed by atoms with van der Waals surface area (Å²) >= 11 is 0. The Labute approximate surface area is 226 Å². The zero-order chi connectivity index (χ0) is 25.9. The number of benzene rings is 1. The molecule has 2 aromatic rings.